The van der Waals surface area contributed by atoms with Crippen LogP contribution in [0, 0.1) is 0 Å². The number of benzene rings is 2. The van der Waals surface area contributed by atoms with Gasteiger partial charge < -0.3 is 4.90 Å². The quantitative estimate of drug-likeness (QED) is 0.456. The van der Waals surface area contributed by atoms with E-state index in [1.807, 2.05) is 12.1 Å². The van der Waals surface area contributed by atoms with Gasteiger partial charge in [-0.2, -0.15) is 0 Å². The van der Waals surface area contributed by atoms with E-state index >= 15 is 0 Å². The maximum absolute atomic E-state index is 6.63. The largest absolute Gasteiger partial charge is 0.366 e. The van der Waals surface area contributed by atoms with Gasteiger partial charge in [0.1, 0.15) is 0 Å². The first kappa shape index (κ1) is 20.5. The third-order valence-corrected chi connectivity index (χ3v) is 6.36. The zero-order valence-electron chi connectivity index (χ0n) is 16.2. The molecule has 0 N–H and O–H groups in total. The molecule has 3 rings (SSSR count). The third kappa shape index (κ3) is 4.13. The molecule has 0 saturated heterocycles. The van der Waals surface area contributed by atoms with Gasteiger partial charge in [0.25, 0.3) is 0 Å². The predicted octanol–water partition coefficient (Wildman–Crippen LogP) is 7.90. The van der Waals surface area contributed by atoms with Crippen LogP contribution in [-0.4, -0.2) is 18.3 Å². The van der Waals surface area contributed by atoms with Crippen LogP contribution >= 0.6 is 34.8 Å². The molecular formula is C22H25Cl3N2. The van der Waals surface area contributed by atoms with E-state index in [0.29, 0.717) is 26.7 Å². The molecule has 2 nitrogen and oxygen atoms in total. The number of rotatable bonds is 4. The minimum atomic E-state index is 0.121. The van der Waals surface area contributed by atoms with E-state index in [0.717, 1.165) is 24.9 Å². The summed E-state index contributed by atoms with van der Waals surface area (Å²) in [7, 11) is 0. The minimum Gasteiger partial charge on any atom is -0.366 e. The molecule has 0 amide bonds. The number of aliphatic imine (C=N–C) groups is 1. The highest BCUT2D eigenvalue weighted by Gasteiger charge is 2.36. The molecule has 0 radical (unpaired) electrons. The van der Waals surface area contributed by atoms with Crippen LogP contribution in [0.1, 0.15) is 57.6 Å². The lowest BCUT2D eigenvalue weighted by molar-refractivity contribution is 0.376. The predicted molar refractivity (Wildman–Crippen MR) is 120 cm³/mol. The highest BCUT2D eigenvalue weighted by atomic mass is 35.5. The zero-order valence-corrected chi connectivity index (χ0v) is 18.5. The molecule has 2 aromatic carbocycles. The zero-order chi connectivity index (χ0) is 19.8. The number of fused-ring (bicyclic) bond motifs is 1. The Balaban J connectivity index is 2.02. The van der Waals surface area contributed by atoms with Crippen LogP contribution in [0.25, 0.3) is 0 Å². The van der Waals surface area contributed by atoms with Gasteiger partial charge in [-0.3, -0.25) is 4.99 Å². The summed E-state index contributed by atoms with van der Waals surface area (Å²) in [5, 5.41) is 1.64. The molecule has 0 bridgehead atoms. The van der Waals surface area contributed by atoms with Gasteiger partial charge in [-0.05, 0) is 62.4 Å². The smallest absolute Gasteiger partial charge is 0.0848 e. The van der Waals surface area contributed by atoms with Crippen LogP contribution in [0.15, 0.2) is 35.3 Å². The van der Waals surface area contributed by atoms with Crippen molar-refractivity contribution < 1.29 is 0 Å². The van der Waals surface area contributed by atoms with Crippen molar-refractivity contribution in [2.75, 3.05) is 11.4 Å². The van der Waals surface area contributed by atoms with E-state index in [2.05, 4.69) is 49.7 Å². The van der Waals surface area contributed by atoms with Crippen molar-refractivity contribution in [1.82, 2.24) is 0 Å². The van der Waals surface area contributed by atoms with E-state index in [4.69, 9.17) is 34.8 Å². The van der Waals surface area contributed by atoms with Crippen molar-refractivity contribution >= 4 is 52.4 Å². The molecule has 0 saturated carbocycles. The van der Waals surface area contributed by atoms with Crippen LogP contribution in [0.4, 0.5) is 11.4 Å². The Bertz CT molecular complexity index is 874. The van der Waals surface area contributed by atoms with Crippen molar-refractivity contribution in [3.05, 3.63) is 56.5 Å². The van der Waals surface area contributed by atoms with E-state index in [9.17, 15) is 0 Å². The van der Waals surface area contributed by atoms with E-state index in [1.165, 1.54) is 11.3 Å². The monoisotopic (exact) mass is 422 g/mol. The minimum absolute atomic E-state index is 0.121. The Morgan fingerprint density at radius 2 is 1.93 bits per heavy atom. The average Bonchev–Trinajstić information content (AvgIpc) is 2.60. The topological polar surface area (TPSA) is 15.6 Å². The summed E-state index contributed by atoms with van der Waals surface area (Å²) < 4.78 is 0. The molecule has 2 aromatic rings. The Labute approximate surface area is 177 Å². The maximum Gasteiger partial charge on any atom is 0.0848 e. The summed E-state index contributed by atoms with van der Waals surface area (Å²) in [6.07, 6.45) is 3.99. The number of halogens is 3. The summed E-state index contributed by atoms with van der Waals surface area (Å²) in [5.41, 5.74) is 4.22. The number of hydrogen-bond donors (Lipinski definition) is 0. The molecule has 1 aliphatic heterocycles. The van der Waals surface area contributed by atoms with Crippen LogP contribution in [0.5, 0.6) is 0 Å². The highest BCUT2D eigenvalue weighted by molar-refractivity contribution is 6.43. The Hall–Kier alpha value is -1.22. The summed E-state index contributed by atoms with van der Waals surface area (Å²) in [6.45, 7) is 10.1. The molecule has 27 heavy (non-hydrogen) atoms. The second-order valence-corrected chi connectivity index (χ2v) is 9.03. The number of nitrogens with zero attached hydrogens (tertiary/aromatic N) is 2. The standard InChI is InChI=1S/C22H25Cl3N2/c1-5-9-27-20-11-18(24)15(10-16(20)14(2)12-22(27,3)4)13-26-19-8-6-7-17(23)21(19)25/h6-8,10-11,13-14H,5,9,12H2,1-4H3. The van der Waals surface area contributed by atoms with Gasteiger partial charge >= 0.3 is 0 Å². The van der Waals surface area contributed by atoms with Crippen molar-refractivity contribution in [3.8, 4) is 0 Å². The lowest BCUT2D eigenvalue weighted by Crippen LogP contribution is -2.48. The summed E-state index contributed by atoms with van der Waals surface area (Å²) in [5.74, 6) is 0.460. The first-order valence-corrected chi connectivity index (χ1v) is 10.5. The van der Waals surface area contributed by atoms with E-state index < -0.39 is 0 Å². The van der Waals surface area contributed by atoms with Crippen molar-refractivity contribution in [3.63, 3.8) is 0 Å². The summed E-state index contributed by atoms with van der Waals surface area (Å²) >= 11 is 18.9. The van der Waals surface area contributed by atoms with Crippen LogP contribution < -0.4 is 4.90 Å². The van der Waals surface area contributed by atoms with Crippen LogP contribution in [0.3, 0.4) is 0 Å². The fraction of sp³-hybridized carbons (Fsp3) is 0.409. The second kappa shape index (κ2) is 8.03. The number of anilines is 1. The Morgan fingerprint density at radius 3 is 2.63 bits per heavy atom. The van der Waals surface area contributed by atoms with E-state index in [1.54, 1.807) is 12.3 Å². The SMILES string of the molecule is CCCN1c2cc(Cl)c(C=Nc3cccc(Cl)c3Cl)cc2C(C)CC1(C)C. The molecule has 1 heterocycles. The fourth-order valence-electron chi connectivity index (χ4n) is 4.00. The van der Waals surface area contributed by atoms with Crippen LogP contribution in [0.2, 0.25) is 15.1 Å². The van der Waals surface area contributed by atoms with E-state index in [-0.39, 0.29) is 5.54 Å². The summed E-state index contributed by atoms with van der Waals surface area (Å²) in [6, 6.07) is 9.68. The Kier molecular flexibility index (Phi) is 6.10. The molecule has 5 heteroatoms. The Morgan fingerprint density at radius 1 is 1.19 bits per heavy atom. The lowest BCUT2D eigenvalue weighted by atomic mass is 9.79. The molecule has 1 unspecified atom stereocenters. The van der Waals surface area contributed by atoms with Gasteiger partial charge in [-0.25, -0.2) is 0 Å². The molecule has 0 spiro atoms. The van der Waals surface area contributed by atoms with Crippen molar-refractivity contribution in [2.24, 2.45) is 4.99 Å². The lowest BCUT2D eigenvalue weighted by Gasteiger charge is -2.47. The maximum atomic E-state index is 6.63. The van der Waals surface area contributed by atoms with Gasteiger partial charge in [0.05, 0.1) is 20.8 Å². The number of hydrogen-bond acceptors (Lipinski definition) is 2. The van der Waals surface area contributed by atoms with Gasteiger partial charge in [-0.15, -0.1) is 0 Å². The summed E-state index contributed by atoms with van der Waals surface area (Å²) in [4.78, 5) is 7.01. The van der Waals surface area contributed by atoms with Crippen LogP contribution in [-0.2, 0) is 0 Å². The molecule has 0 aromatic heterocycles. The normalized spacial score (nSPS) is 18.8. The average molecular weight is 424 g/mol. The first-order valence-electron chi connectivity index (χ1n) is 9.33. The third-order valence-electron chi connectivity index (χ3n) is 5.23. The second-order valence-electron chi connectivity index (χ2n) is 7.83. The molecule has 0 fully saturated rings. The van der Waals surface area contributed by atoms with Crippen molar-refractivity contribution in [1.29, 1.82) is 0 Å². The van der Waals surface area contributed by atoms with Crippen molar-refractivity contribution in [2.45, 2.75) is 52.0 Å². The first-order chi connectivity index (χ1) is 12.7. The molecule has 1 aliphatic rings. The molecule has 1 atom stereocenters. The van der Waals surface area contributed by atoms with Gasteiger partial charge in [0, 0.05) is 29.5 Å². The van der Waals surface area contributed by atoms with Gasteiger partial charge in [0.2, 0.25) is 0 Å². The molecular weight excluding hydrogens is 399 g/mol. The van der Waals surface area contributed by atoms with Gasteiger partial charge in [0.15, 0.2) is 0 Å². The fourth-order valence-corrected chi connectivity index (χ4v) is 4.55. The van der Waals surface area contributed by atoms with Gasteiger partial charge in [-0.1, -0.05) is 54.7 Å². The highest BCUT2D eigenvalue weighted by Crippen LogP contribution is 2.45. The molecule has 0 aliphatic carbocycles. The molecule has 144 valence electrons.